The van der Waals surface area contributed by atoms with Gasteiger partial charge in [0.2, 0.25) is 0 Å². The molecule has 0 amide bonds. The number of nitrogens with zero attached hydrogens (tertiary/aromatic N) is 6. The molecule has 0 aromatic carbocycles. The van der Waals surface area contributed by atoms with Gasteiger partial charge in [-0.3, -0.25) is 0 Å². The van der Waals surface area contributed by atoms with Crippen LogP contribution in [0.25, 0.3) is 0 Å². The van der Waals surface area contributed by atoms with Crippen molar-refractivity contribution >= 4 is 0 Å². The predicted molar refractivity (Wildman–Crippen MR) is 35.6 cm³/mol. The summed E-state index contributed by atoms with van der Waals surface area (Å²) in [5.41, 5.74) is 0. The van der Waals surface area contributed by atoms with E-state index in [0.29, 0.717) is 0 Å². The third-order valence-corrected chi connectivity index (χ3v) is 4.89. The van der Waals surface area contributed by atoms with Gasteiger partial charge in [-0.1, -0.05) is 0 Å². The van der Waals surface area contributed by atoms with Crippen LogP contribution in [-0.2, 0) is 10.7 Å². The summed E-state index contributed by atoms with van der Waals surface area (Å²) in [6.07, 6.45) is 0. The molecule has 0 radical (unpaired) electrons. The van der Waals surface area contributed by atoms with E-state index in [0.717, 1.165) is 29.8 Å². The SMILES string of the molecule is N#[C][Fe-3]([C]#N)([C]#N)([C]#N)([C]#N)[C]#N.[Na+].[Na+].[Na+].[Na+].[OH-]. The van der Waals surface area contributed by atoms with E-state index in [1.54, 1.807) is 0 Å². The Morgan fingerprint density at radius 2 is 0.556 bits per heavy atom. The van der Waals surface area contributed by atoms with Gasteiger partial charge in [0.05, 0.1) is 0 Å². The van der Waals surface area contributed by atoms with Crippen LogP contribution in [0.5, 0.6) is 0 Å². The Morgan fingerprint density at radius 3 is 0.556 bits per heavy atom. The quantitative estimate of drug-likeness (QED) is 0.398. The Hall–Kier alpha value is 1.42. The summed E-state index contributed by atoms with van der Waals surface area (Å²) in [7, 11) is -6.17. The molecule has 0 aliphatic carbocycles. The topological polar surface area (TPSA) is 173 Å². The maximum Gasteiger partial charge on any atom is 1.00 e. The van der Waals surface area contributed by atoms with Crippen molar-refractivity contribution in [2.75, 3.05) is 0 Å². The van der Waals surface area contributed by atoms with Gasteiger partial charge >= 0.3 is 190 Å². The molecule has 0 rings (SSSR count). The van der Waals surface area contributed by atoms with E-state index in [1.807, 2.05) is 0 Å². The molecule has 7 nitrogen and oxygen atoms in total. The number of nitriles is 6. The monoisotopic (exact) mass is 321 g/mol. The first-order valence-electron chi connectivity index (χ1n) is 2.40. The second-order valence-electron chi connectivity index (χ2n) is 1.80. The number of hydrogen-bond acceptors (Lipinski definition) is 7. The van der Waals surface area contributed by atoms with Gasteiger partial charge in [0.1, 0.15) is 0 Å². The fourth-order valence-corrected chi connectivity index (χ4v) is 1.09. The summed E-state index contributed by atoms with van der Waals surface area (Å²) >= 11 is 0. The Morgan fingerprint density at radius 1 is 0.444 bits per heavy atom. The maximum atomic E-state index is 8.58. The van der Waals surface area contributed by atoms with Crippen LogP contribution in [0.1, 0.15) is 0 Å². The first-order chi connectivity index (χ1) is 5.97. The zero-order chi connectivity index (χ0) is 10.7. The molecule has 1 N–H and O–H groups in total. The normalized spacial score (nSPS) is 9.67. The molecule has 0 aliphatic rings. The van der Waals surface area contributed by atoms with Crippen molar-refractivity contribution < 1.29 is 134 Å². The molecule has 0 fully saturated rings. The van der Waals surface area contributed by atoms with Crippen LogP contribution in [0, 0.1) is 61.4 Å². The molecule has 0 bridgehead atoms. The van der Waals surface area contributed by atoms with E-state index in [4.69, 9.17) is 31.6 Å². The van der Waals surface area contributed by atoms with Gasteiger partial charge in [0.15, 0.2) is 0 Å². The van der Waals surface area contributed by atoms with Crippen molar-refractivity contribution in [2.45, 2.75) is 0 Å². The summed E-state index contributed by atoms with van der Waals surface area (Å²) in [4.78, 5) is 6.19. The van der Waals surface area contributed by atoms with Crippen molar-refractivity contribution in [3.8, 4) is 29.8 Å². The van der Waals surface area contributed by atoms with Crippen molar-refractivity contribution in [1.29, 1.82) is 31.6 Å². The van der Waals surface area contributed by atoms with Crippen LogP contribution in [0.2, 0.25) is 0 Å². The Bertz CT molecular complexity index is 406. The fraction of sp³-hybridized carbons (Fsp3) is 0. The van der Waals surface area contributed by atoms with Gasteiger partial charge in [-0.15, -0.1) is 0 Å². The third-order valence-electron chi connectivity index (χ3n) is 1.19. The van der Waals surface area contributed by atoms with Gasteiger partial charge in [-0.05, 0) is 0 Å². The molecule has 0 spiro atoms. The molecule has 12 heteroatoms. The van der Waals surface area contributed by atoms with Gasteiger partial charge in [0.25, 0.3) is 0 Å². The van der Waals surface area contributed by atoms with Crippen LogP contribution < -0.4 is 118 Å². The van der Waals surface area contributed by atoms with Crippen LogP contribution in [0.4, 0.5) is 0 Å². The average Bonchev–Trinajstić information content (AvgIpc) is 2.26. The van der Waals surface area contributed by atoms with Gasteiger partial charge in [-0.25, -0.2) is 0 Å². The van der Waals surface area contributed by atoms with E-state index in [9.17, 15) is 0 Å². The third kappa shape index (κ3) is 4.76. The van der Waals surface area contributed by atoms with Gasteiger partial charge < -0.3 is 5.48 Å². The molecule has 0 aliphatic heterocycles. The first kappa shape index (κ1) is 36.6. The Balaban J connectivity index is -0.0000000720. The van der Waals surface area contributed by atoms with Crippen molar-refractivity contribution in [2.24, 2.45) is 0 Å². The van der Waals surface area contributed by atoms with Crippen LogP contribution in [0.15, 0.2) is 0 Å². The van der Waals surface area contributed by atoms with Crippen LogP contribution in [0.3, 0.4) is 0 Å². The number of rotatable bonds is 0. The minimum Gasteiger partial charge on any atom is -0.870 e. The summed E-state index contributed by atoms with van der Waals surface area (Å²) in [5.74, 6) is 0. The van der Waals surface area contributed by atoms with E-state index in [2.05, 4.69) is 0 Å². The second kappa shape index (κ2) is 11.1. The minimum absolute atomic E-state index is 0. The molecule has 0 saturated carbocycles. The van der Waals surface area contributed by atoms with Crippen LogP contribution in [-0.4, -0.2) is 5.48 Å². The van der Waals surface area contributed by atoms with Crippen molar-refractivity contribution in [1.82, 2.24) is 0 Å². The van der Waals surface area contributed by atoms with Crippen molar-refractivity contribution in [3.63, 3.8) is 0 Å². The fourth-order valence-electron chi connectivity index (χ4n) is 0.265. The molecule has 0 aromatic rings. The summed E-state index contributed by atoms with van der Waals surface area (Å²) in [5, 5.41) is 51.5. The Labute approximate surface area is 192 Å². The van der Waals surface area contributed by atoms with E-state index in [-0.39, 0.29) is 124 Å². The van der Waals surface area contributed by atoms with Gasteiger partial charge in [0, 0.05) is 0 Å². The average molecular weight is 321 g/mol. The summed E-state index contributed by atoms with van der Waals surface area (Å²) < 4.78 is 0. The van der Waals surface area contributed by atoms with E-state index < -0.39 is 10.7 Å². The molecule has 73 valence electrons. The zero-order valence-electron chi connectivity index (χ0n) is 10.5. The zero-order valence-corrected chi connectivity index (χ0v) is 19.6. The molecule has 18 heavy (non-hydrogen) atoms. The van der Waals surface area contributed by atoms with Gasteiger partial charge in [-0.2, -0.15) is 0 Å². The molecular formula is C6HFeN6Na4O. The molecule has 0 aromatic heterocycles. The van der Waals surface area contributed by atoms with E-state index in [1.165, 1.54) is 0 Å². The smallest absolute Gasteiger partial charge is 0.870 e. The molecule has 0 unspecified atom stereocenters. The minimum atomic E-state index is -6.17. The molecule has 0 atom stereocenters. The molecule has 0 saturated heterocycles. The molecule has 0 heterocycles. The first-order valence-corrected chi connectivity index (χ1v) is 5.71. The molecular weight excluding hydrogens is 320 g/mol. The Kier molecular flexibility index (Phi) is 22.6. The standard InChI is InChI=1S/6CN.Fe.4Na.H2O/c6*1-2;;;;;;/h;;;;;;;;;;;1H2/q;;;;;;-3;4*+1;/p-1. The largest absolute Gasteiger partial charge is 1.00 e. The predicted octanol–water partition coefficient (Wildman–Crippen LogP) is -12.1. The van der Waals surface area contributed by atoms with Crippen LogP contribution >= 0.6 is 0 Å². The maximum absolute atomic E-state index is 8.58. The summed E-state index contributed by atoms with van der Waals surface area (Å²) in [6, 6.07) is 0. The number of hydrogen-bond donors (Lipinski definition) is 0. The second-order valence-corrected chi connectivity index (χ2v) is 7.42. The van der Waals surface area contributed by atoms with Crippen molar-refractivity contribution in [3.05, 3.63) is 0 Å². The van der Waals surface area contributed by atoms with E-state index >= 15 is 0 Å². The summed E-state index contributed by atoms with van der Waals surface area (Å²) in [6.45, 7) is 0.